The molecule has 4 rings (SSSR count). The lowest BCUT2D eigenvalue weighted by Gasteiger charge is -2.34. The highest BCUT2D eigenvalue weighted by Gasteiger charge is 2.35. The first kappa shape index (κ1) is 34.2. The van der Waals surface area contributed by atoms with Crippen LogP contribution in [0.25, 0.3) is 0 Å². The second-order valence-electron chi connectivity index (χ2n) is 11.3. The molecule has 0 fully saturated rings. The van der Waals surface area contributed by atoms with Crippen LogP contribution in [0, 0.1) is 12.7 Å². The number of nitrogens with zero attached hydrogens (tertiary/aromatic N) is 2. The summed E-state index contributed by atoms with van der Waals surface area (Å²) in [5, 5.41) is 2.92. The lowest BCUT2D eigenvalue weighted by Crippen LogP contribution is -2.54. The third kappa shape index (κ3) is 8.94. The number of hydrogen-bond acceptors (Lipinski definition) is 5. The Kier molecular flexibility index (Phi) is 11.5. The third-order valence-corrected chi connectivity index (χ3v) is 9.08. The molecule has 4 aromatic rings. The molecule has 0 saturated heterocycles. The first-order valence-electron chi connectivity index (χ1n) is 15.2. The average Bonchev–Trinajstić information content (AvgIpc) is 3.03. The van der Waals surface area contributed by atoms with Gasteiger partial charge in [0.15, 0.2) is 0 Å². The largest absolute Gasteiger partial charge is 0.494 e. The van der Waals surface area contributed by atoms with E-state index in [9.17, 15) is 22.4 Å². The van der Waals surface area contributed by atoms with Crippen molar-refractivity contribution in [1.29, 1.82) is 0 Å². The quantitative estimate of drug-likeness (QED) is 0.185. The van der Waals surface area contributed by atoms with Crippen molar-refractivity contribution >= 4 is 27.5 Å². The molecule has 0 radical (unpaired) electrons. The number of halogens is 1. The number of carbonyl (C=O) groups excluding carboxylic acids is 2. The van der Waals surface area contributed by atoms with Crippen molar-refractivity contribution in [2.45, 2.75) is 57.6 Å². The van der Waals surface area contributed by atoms with Crippen molar-refractivity contribution in [1.82, 2.24) is 10.2 Å². The van der Waals surface area contributed by atoms with Gasteiger partial charge < -0.3 is 15.0 Å². The Morgan fingerprint density at radius 3 is 2.07 bits per heavy atom. The smallest absolute Gasteiger partial charge is 0.264 e. The molecule has 0 heterocycles. The number of nitrogens with one attached hydrogen (secondary N) is 1. The van der Waals surface area contributed by atoms with Crippen molar-refractivity contribution in [3.05, 3.63) is 126 Å². The summed E-state index contributed by atoms with van der Waals surface area (Å²) < 4.78 is 48.7. The number of carbonyl (C=O) groups is 2. The normalized spacial score (nSPS) is 12.0. The van der Waals surface area contributed by atoms with Gasteiger partial charge in [0.2, 0.25) is 11.8 Å². The van der Waals surface area contributed by atoms with Gasteiger partial charge in [-0.25, -0.2) is 12.8 Å². The van der Waals surface area contributed by atoms with Gasteiger partial charge in [-0.2, -0.15) is 0 Å². The standard InChI is InChI=1S/C36H40FN3O5S/c1-5-45-32-19-21-33(22-20-32)46(43,44)40(31-17-11-27(4)12-18-31)25-35(41)39(24-29-13-15-30(37)16-14-29)34(36(42)38-26(2)3)23-28-9-7-6-8-10-28/h6-22,26,34H,5,23-25H2,1-4H3,(H,38,42). The lowest BCUT2D eigenvalue weighted by atomic mass is 10.0. The summed E-state index contributed by atoms with van der Waals surface area (Å²) in [6, 6.07) is 26.6. The van der Waals surface area contributed by atoms with Gasteiger partial charge in [0.25, 0.3) is 10.0 Å². The zero-order chi connectivity index (χ0) is 33.3. The molecule has 1 N–H and O–H groups in total. The summed E-state index contributed by atoms with van der Waals surface area (Å²) in [5.41, 5.74) is 2.61. The van der Waals surface area contributed by atoms with E-state index < -0.39 is 34.3 Å². The van der Waals surface area contributed by atoms with Gasteiger partial charge in [-0.1, -0.05) is 60.2 Å². The van der Waals surface area contributed by atoms with E-state index in [-0.39, 0.29) is 29.8 Å². The first-order valence-corrected chi connectivity index (χ1v) is 16.6. The van der Waals surface area contributed by atoms with Crippen LogP contribution in [0.3, 0.4) is 0 Å². The summed E-state index contributed by atoms with van der Waals surface area (Å²) in [6.07, 6.45) is 0.183. The number of rotatable bonds is 14. The fourth-order valence-electron chi connectivity index (χ4n) is 4.96. The summed E-state index contributed by atoms with van der Waals surface area (Å²) in [4.78, 5) is 29.5. The molecule has 1 unspecified atom stereocenters. The minimum atomic E-state index is -4.25. The van der Waals surface area contributed by atoms with Crippen molar-refractivity contribution in [2.75, 3.05) is 17.5 Å². The van der Waals surface area contributed by atoms with Crippen molar-refractivity contribution in [2.24, 2.45) is 0 Å². The van der Waals surface area contributed by atoms with Crippen molar-refractivity contribution in [3.8, 4) is 5.75 Å². The first-order chi connectivity index (χ1) is 22.0. The molecular formula is C36H40FN3O5S. The van der Waals surface area contributed by atoms with Crippen LogP contribution >= 0.6 is 0 Å². The van der Waals surface area contributed by atoms with E-state index in [1.165, 1.54) is 29.2 Å². The maximum Gasteiger partial charge on any atom is 0.264 e. The molecule has 0 aliphatic rings. The summed E-state index contributed by atoms with van der Waals surface area (Å²) >= 11 is 0. The van der Waals surface area contributed by atoms with E-state index in [1.807, 2.05) is 58.0 Å². The summed E-state index contributed by atoms with van der Waals surface area (Å²) in [5.74, 6) is -0.901. The van der Waals surface area contributed by atoms with Gasteiger partial charge in [0.1, 0.15) is 24.2 Å². The van der Waals surface area contributed by atoms with Gasteiger partial charge in [-0.3, -0.25) is 13.9 Å². The Bertz CT molecular complexity index is 1700. The van der Waals surface area contributed by atoms with Crippen LogP contribution in [0.4, 0.5) is 10.1 Å². The maximum absolute atomic E-state index is 14.5. The van der Waals surface area contributed by atoms with E-state index in [1.54, 1.807) is 48.5 Å². The number of hydrogen-bond donors (Lipinski definition) is 1. The molecule has 0 spiro atoms. The van der Waals surface area contributed by atoms with Crippen molar-refractivity contribution < 1.29 is 27.1 Å². The van der Waals surface area contributed by atoms with Gasteiger partial charge in [0.05, 0.1) is 17.2 Å². The average molecular weight is 646 g/mol. The Morgan fingerprint density at radius 2 is 1.48 bits per heavy atom. The molecule has 2 amide bonds. The second kappa shape index (κ2) is 15.5. The van der Waals surface area contributed by atoms with Crippen LogP contribution < -0.4 is 14.4 Å². The van der Waals surface area contributed by atoms with Crippen LogP contribution in [0.1, 0.15) is 37.5 Å². The molecule has 10 heteroatoms. The van der Waals surface area contributed by atoms with Crippen LogP contribution in [-0.4, -0.2) is 50.4 Å². The predicted molar refractivity (Wildman–Crippen MR) is 177 cm³/mol. The zero-order valence-electron chi connectivity index (χ0n) is 26.5. The highest BCUT2D eigenvalue weighted by Crippen LogP contribution is 2.27. The van der Waals surface area contributed by atoms with Crippen molar-refractivity contribution in [3.63, 3.8) is 0 Å². The molecule has 0 aromatic heterocycles. The lowest BCUT2D eigenvalue weighted by molar-refractivity contribution is -0.140. The number of benzene rings is 4. The SMILES string of the molecule is CCOc1ccc(S(=O)(=O)N(CC(=O)N(Cc2ccc(F)cc2)C(Cc2ccccc2)C(=O)NC(C)C)c2ccc(C)cc2)cc1. The van der Waals surface area contributed by atoms with Gasteiger partial charge in [-0.15, -0.1) is 0 Å². The third-order valence-electron chi connectivity index (χ3n) is 7.29. The Labute approximate surface area is 270 Å². The highest BCUT2D eigenvalue weighted by molar-refractivity contribution is 7.92. The summed E-state index contributed by atoms with van der Waals surface area (Å²) in [6.45, 7) is 7.16. The molecular weight excluding hydrogens is 605 g/mol. The van der Waals surface area contributed by atoms with E-state index in [2.05, 4.69) is 5.32 Å². The molecule has 1 atom stereocenters. The molecule has 4 aromatic carbocycles. The molecule has 0 aliphatic carbocycles. The number of sulfonamides is 1. The Hall–Kier alpha value is -4.70. The molecule has 0 saturated carbocycles. The number of ether oxygens (including phenoxy) is 1. The monoisotopic (exact) mass is 645 g/mol. The number of anilines is 1. The van der Waals surface area contributed by atoms with Crippen LogP contribution in [0.5, 0.6) is 5.75 Å². The van der Waals surface area contributed by atoms with Gasteiger partial charge in [-0.05, 0) is 87.4 Å². The minimum Gasteiger partial charge on any atom is -0.494 e. The van der Waals surface area contributed by atoms with Crippen LogP contribution in [0.2, 0.25) is 0 Å². The molecule has 0 aliphatic heterocycles. The number of amides is 2. The number of aryl methyl sites for hydroxylation is 1. The molecule has 46 heavy (non-hydrogen) atoms. The van der Waals surface area contributed by atoms with Crippen LogP contribution in [0.15, 0.2) is 108 Å². The molecule has 0 bridgehead atoms. The van der Waals surface area contributed by atoms with E-state index >= 15 is 0 Å². The van der Waals surface area contributed by atoms with E-state index in [0.717, 1.165) is 15.4 Å². The Balaban J connectivity index is 1.79. The van der Waals surface area contributed by atoms with Gasteiger partial charge in [0, 0.05) is 19.0 Å². The predicted octanol–water partition coefficient (Wildman–Crippen LogP) is 5.89. The second-order valence-corrected chi connectivity index (χ2v) is 13.1. The van der Waals surface area contributed by atoms with E-state index in [0.29, 0.717) is 23.6 Å². The molecule has 242 valence electrons. The maximum atomic E-state index is 14.5. The summed E-state index contributed by atoms with van der Waals surface area (Å²) in [7, 11) is -4.25. The van der Waals surface area contributed by atoms with E-state index in [4.69, 9.17) is 4.74 Å². The highest BCUT2D eigenvalue weighted by atomic mass is 32.2. The molecule has 8 nitrogen and oxygen atoms in total. The minimum absolute atomic E-state index is 0.0206. The van der Waals surface area contributed by atoms with Gasteiger partial charge >= 0.3 is 0 Å². The fourth-order valence-corrected chi connectivity index (χ4v) is 6.38. The van der Waals surface area contributed by atoms with Crippen LogP contribution in [-0.2, 0) is 32.6 Å². The Morgan fingerprint density at radius 1 is 0.848 bits per heavy atom. The topological polar surface area (TPSA) is 96.0 Å². The zero-order valence-corrected chi connectivity index (χ0v) is 27.3. The fraction of sp³-hybridized carbons (Fsp3) is 0.278.